The minimum Gasteiger partial charge on any atom is -0.243 e. The van der Waals surface area contributed by atoms with Crippen LogP contribution in [0.1, 0.15) is 6.42 Å². The predicted molar refractivity (Wildman–Crippen MR) is 50.7 cm³/mol. The number of allylic oxidation sites excluding steroid dienone is 1. The Bertz CT molecular complexity index is 561. The maximum Gasteiger partial charge on any atom is 0.460 e. The van der Waals surface area contributed by atoms with E-state index in [1.165, 1.54) is 0 Å². The van der Waals surface area contributed by atoms with Crippen molar-refractivity contribution in [3.63, 3.8) is 0 Å². The normalized spacial score (nSPS) is 18.1. The Kier molecular flexibility index (Phi) is 6.49. The van der Waals surface area contributed by atoms with Crippen LogP contribution in [0.5, 0.6) is 0 Å². The van der Waals surface area contributed by atoms with Gasteiger partial charge in [-0.05, 0) is 0 Å². The first-order valence-corrected chi connectivity index (χ1v) is 5.79. The van der Waals surface area contributed by atoms with Crippen LogP contribution < -0.4 is 0 Å². The van der Waals surface area contributed by atoms with E-state index in [2.05, 4.69) is 0 Å². The summed E-state index contributed by atoms with van der Waals surface area (Å²) in [6.07, 6.45) is -27.5. The molecule has 0 aliphatic carbocycles. The maximum absolute atomic E-state index is 13.8. The molecule has 0 heterocycles. The van der Waals surface area contributed by atoms with Gasteiger partial charge in [-0.1, -0.05) is 0 Å². The predicted octanol–water partition coefficient (Wildman–Crippen LogP) is 6.53. The lowest BCUT2D eigenvalue weighted by Gasteiger charge is -2.41. The lowest BCUT2D eigenvalue weighted by Crippen LogP contribution is -2.70. The summed E-state index contributed by atoms with van der Waals surface area (Å²) in [4.78, 5) is 0. The fourth-order valence-electron chi connectivity index (χ4n) is 1.56. The van der Waals surface area contributed by atoms with Crippen molar-refractivity contribution in [2.75, 3.05) is 0 Å². The van der Waals surface area contributed by atoms with E-state index in [-0.39, 0.29) is 0 Å². The fraction of sp³-hybridized carbons (Fsp3) is 0.800. The summed E-state index contributed by atoms with van der Waals surface area (Å²) in [7, 11) is 0. The van der Waals surface area contributed by atoms with Crippen LogP contribution in [-0.4, -0.2) is 42.0 Å². The molecule has 2 atom stereocenters. The maximum atomic E-state index is 13.8. The van der Waals surface area contributed by atoms with Crippen molar-refractivity contribution in [1.82, 2.24) is 0 Å². The zero-order chi connectivity index (χ0) is 22.4. The Morgan fingerprint density at radius 2 is 0.963 bits per heavy atom. The van der Waals surface area contributed by atoms with Gasteiger partial charge in [0.1, 0.15) is 0 Å². The van der Waals surface area contributed by atoms with Gasteiger partial charge in [-0.25, -0.2) is 13.2 Å². The first kappa shape index (κ1) is 25.6. The summed E-state index contributed by atoms with van der Waals surface area (Å²) in [6, 6.07) is 0. The van der Waals surface area contributed by atoms with Crippen LogP contribution in [0.4, 0.5) is 74.6 Å². The van der Waals surface area contributed by atoms with Crippen LogP contribution in [0, 0.1) is 0 Å². The fourth-order valence-corrected chi connectivity index (χ4v) is 1.56. The van der Waals surface area contributed by atoms with Crippen molar-refractivity contribution in [2.45, 2.75) is 48.4 Å². The Morgan fingerprint density at radius 3 is 1.22 bits per heavy atom. The molecule has 0 aromatic carbocycles. The molecule has 0 fully saturated rings. The van der Waals surface area contributed by atoms with Gasteiger partial charge < -0.3 is 0 Å². The summed E-state index contributed by atoms with van der Waals surface area (Å²) < 4.78 is 213. The van der Waals surface area contributed by atoms with Crippen LogP contribution in [0.25, 0.3) is 0 Å². The minimum absolute atomic E-state index is 3.71. The Labute approximate surface area is 136 Å². The van der Waals surface area contributed by atoms with Crippen LogP contribution in [0.2, 0.25) is 0 Å². The van der Waals surface area contributed by atoms with Crippen molar-refractivity contribution < 1.29 is 74.6 Å². The lowest BCUT2D eigenvalue weighted by atomic mass is 9.83. The van der Waals surface area contributed by atoms with Gasteiger partial charge >= 0.3 is 36.2 Å². The third kappa shape index (κ3) is 4.05. The number of hydrogen-bond donors (Lipinski definition) is 0. The van der Waals surface area contributed by atoms with Gasteiger partial charge in [0.15, 0.2) is 6.17 Å². The molecule has 0 aromatic heterocycles. The average molecular weight is 446 g/mol. The number of alkyl halides is 14. The molecule has 17 heteroatoms. The van der Waals surface area contributed by atoms with E-state index >= 15 is 0 Å². The molecule has 2 unspecified atom stereocenters. The molecule has 0 N–H and O–H groups in total. The number of hydrogen-bond acceptors (Lipinski definition) is 0. The molecular weight excluding hydrogens is 443 g/mol. The van der Waals surface area contributed by atoms with Gasteiger partial charge in [-0.3, -0.25) is 0 Å². The van der Waals surface area contributed by atoms with Crippen LogP contribution >= 0.6 is 0 Å². The van der Waals surface area contributed by atoms with Gasteiger partial charge in [0, 0.05) is 0 Å². The monoisotopic (exact) mass is 446 g/mol. The molecule has 0 rings (SSSR count). The molecule has 0 saturated heterocycles. The molecule has 0 nitrogen and oxygen atoms in total. The van der Waals surface area contributed by atoms with Crippen molar-refractivity contribution in [1.29, 1.82) is 0 Å². The Hall–Kier alpha value is -1.45. The molecule has 27 heavy (non-hydrogen) atoms. The molecule has 0 bridgehead atoms. The van der Waals surface area contributed by atoms with E-state index in [0.717, 1.165) is 0 Å². The first-order chi connectivity index (χ1) is 11.5. The van der Waals surface area contributed by atoms with Crippen molar-refractivity contribution in [3.8, 4) is 0 Å². The highest BCUT2D eigenvalue weighted by Gasteiger charge is 2.88. The average Bonchev–Trinajstić information content (AvgIpc) is 2.41. The van der Waals surface area contributed by atoms with E-state index < -0.39 is 60.3 Å². The van der Waals surface area contributed by atoms with E-state index in [1.807, 2.05) is 0 Å². The zero-order valence-electron chi connectivity index (χ0n) is 11.7. The Morgan fingerprint density at radius 1 is 0.593 bits per heavy atom. The highest BCUT2D eigenvalue weighted by molar-refractivity contribution is 5.25. The minimum atomic E-state index is -8.20. The van der Waals surface area contributed by atoms with Gasteiger partial charge in [0.2, 0.25) is 5.83 Å². The highest BCUT2D eigenvalue weighted by atomic mass is 19.4. The summed E-state index contributed by atoms with van der Waals surface area (Å²) in [5.74, 6) is -29.0. The molecule has 0 spiro atoms. The highest BCUT2D eigenvalue weighted by Crippen LogP contribution is 2.60. The molecule has 0 radical (unpaired) electrons. The lowest BCUT2D eigenvalue weighted by molar-refractivity contribution is -0.413. The second-order valence-electron chi connectivity index (χ2n) is 4.79. The number of halogens is 17. The largest absolute Gasteiger partial charge is 0.460 e. The smallest absolute Gasteiger partial charge is 0.243 e. The van der Waals surface area contributed by atoms with E-state index in [4.69, 9.17) is 0 Å². The SMILES string of the molecule is FC(F)=C(F)C(F)(C(F)CC(F)(F)F)C(F)(F)C(F)(F)C(F)(F)C(F)(F)F. The summed E-state index contributed by atoms with van der Waals surface area (Å²) >= 11 is 0. The van der Waals surface area contributed by atoms with Crippen LogP contribution in [0.3, 0.4) is 0 Å². The third-order valence-corrected chi connectivity index (χ3v) is 2.93. The van der Waals surface area contributed by atoms with Gasteiger partial charge in [-0.2, -0.15) is 61.5 Å². The second kappa shape index (κ2) is 6.86. The summed E-state index contributed by atoms with van der Waals surface area (Å²) in [6.45, 7) is 0. The first-order valence-electron chi connectivity index (χ1n) is 5.79. The zero-order valence-corrected chi connectivity index (χ0v) is 11.7. The molecule has 0 aliphatic heterocycles. The standard InChI is InChI=1S/C10H3F17/c11-2(1-5(15,16)17)6(18,3(12)4(13)14)7(19,20)8(21,22)9(23,24)10(25,26)27/h2H,1H2. The van der Waals surface area contributed by atoms with E-state index in [0.29, 0.717) is 0 Å². The topological polar surface area (TPSA) is 0 Å². The van der Waals surface area contributed by atoms with Gasteiger partial charge in [0.05, 0.1) is 6.42 Å². The molecule has 0 aliphatic rings. The Balaban J connectivity index is 6.79. The second-order valence-corrected chi connectivity index (χ2v) is 4.79. The van der Waals surface area contributed by atoms with Crippen LogP contribution in [0.15, 0.2) is 11.9 Å². The van der Waals surface area contributed by atoms with Crippen LogP contribution in [-0.2, 0) is 0 Å². The van der Waals surface area contributed by atoms with Crippen molar-refractivity contribution in [3.05, 3.63) is 11.9 Å². The molecule has 162 valence electrons. The molecule has 0 saturated carbocycles. The summed E-state index contributed by atoms with van der Waals surface area (Å²) in [5.41, 5.74) is -7.24. The third-order valence-electron chi connectivity index (χ3n) is 2.93. The van der Waals surface area contributed by atoms with Gasteiger partial charge in [0.25, 0.3) is 5.67 Å². The van der Waals surface area contributed by atoms with E-state index in [1.54, 1.807) is 0 Å². The number of rotatable bonds is 6. The van der Waals surface area contributed by atoms with E-state index in [9.17, 15) is 74.6 Å². The quantitative estimate of drug-likeness (QED) is 0.407. The van der Waals surface area contributed by atoms with Gasteiger partial charge in [-0.15, -0.1) is 0 Å². The molecule has 0 aromatic rings. The van der Waals surface area contributed by atoms with Crippen molar-refractivity contribution >= 4 is 0 Å². The summed E-state index contributed by atoms with van der Waals surface area (Å²) in [5, 5.41) is 0. The molecular formula is C10H3F17. The molecule has 0 amide bonds. The van der Waals surface area contributed by atoms with Crippen molar-refractivity contribution in [2.24, 2.45) is 0 Å².